The summed E-state index contributed by atoms with van der Waals surface area (Å²) in [5, 5.41) is 5.92. The molecule has 17 heavy (non-hydrogen) atoms. The second-order valence-corrected chi connectivity index (χ2v) is 4.05. The Bertz CT molecular complexity index is 349. The normalized spacial score (nSPS) is 11.9. The van der Waals surface area contributed by atoms with Gasteiger partial charge in [0, 0.05) is 25.9 Å². The summed E-state index contributed by atoms with van der Waals surface area (Å²) in [5.74, 6) is 0.0264. The Morgan fingerprint density at radius 2 is 2.00 bits per heavy atom. The lowest BCUT2D eigenvalue weighted by Crippen LogP contribution is -2.21. The molecule has 1 rings (SSSR count). The van der Waals surface area contributed by atoms with Crippen molar-refractivity contribution in [2.24, 2.45) is 0 Å². The van der Waals surface area contributed by atoms with Gasteiger partial charge in [0.2, 0.25) is 5.91 Å². The van der Waals surface area contributed by atoms with Crippen molar-refractivity contribution in [1.82, 2.24) is 5.32 Å². The Hall–Kier alpha value is -1.55. The predicted octanol–water partition coefficient (Wildman–Crippen LogP) is 1.42. The van der Waals surface area contributed by atoms with Gasteiger partial charge in [0.1, 0.15) is 0 Å². The molecule has 0 saturated heterocycles. The minimum Gasteiger partial charge on any atom is -0.383 e. The molecule has 0 bridgehead atoms. The van der Waals surface area contributed by atoms with Crippen LogP contribution in [0, 0.1) is 0 Å². The molecule has 4 nitrogen and oxygen atoms in total. The van der Waals surface area contributed by atoms with Gasteiger partial charge in [-0.05, 0) is 24.6 Å². The lowest BCUT2D eigenvalue weighted by atomic mass is 10.1. The average Bonchev–Trinajstić information content (AvgIpc) is 2.32. The monoisotopic (exact) mass is 236 g/mol. The zero-order valence-electron chi connectivity index (χ0n) is 10.6. The number of carbonyl (C=O) groups excluding carboxylic acids is 1. The minimum atomic E-state index is 0.0264. The van der Waals surface area contributed by atoms with E-state index in [0.29, 0.717) is 13.0 Å². The van der Waals surface area contributed by atoms with Gasteiger partial charge < -0.3 is 15.4 Å². The summed E-state index contributed by atoms with van der Waals surface area (Å²) in [6.07, 6.45) is 0.421. The number of carbonyl (C=O) groups is 1. The van der Waals surface area contributed by atoms with Gasteiger partial charge in [-0.25, -0.2) is 0 Å². The molecule has 0 saturated carbocycles. The van der Waals surface area contributed by atoms with E-state index in [4.69, 9.17) is 4.74 Å². The molecule has 0 fully saturated rings. The molecule has 0 aromatic heterocycles. The van der Waals surface area contributed by atoms with Crippen LogP contribution in [0.1, 0.15) is 12.5 Å². The van der Waals surface area contributed by atoms with Crippen molar-refractivity contribution in [3.63, 3.8) is 0 Å². The van der Waals surface area contributed by atoms with Crippen molar-refractivity contribution in [3.05, 3.63) is 29.8 Å². The number of hydrogen-bond donors (Lipinski definition) is 2. The van der Waals surface area contributed by atoms with E-state index < -0.39 is 0 Å². The second-order valence-electron chi connectivity index (χ2n) is 4.05. The van der Waals surface area contributed by atoms with Crippen molar-refractivity contribution in [3.8, 4) is 0 Å². The van der Waals surface area contributed by atoms with E-state index in [0.717, 1.165) is 11.3 Å². The summed E-state index contributed by atoms with van der Waals surface area (Å²) in [7, 11) is 3.33. The van der Waals surface area contributed by atoms with E-state index in [1.54, 1.807) is 14.2 Å². The number of anilines is 1. The maximum absolute atomic E-state index is 11.2. The highest BCUT2D eigenvalue weighted by Gasteiger charge is 2.03. The Balaban J connectivity index is 2.52. The van der Waals surface area contributed by atoms with E-state index in [2.05, 4.69) is 17.6 Å². The van der Waals surface area contributed by atoms with Crippen LogP contribution in [0.15, 0.2) is 24.3 Å². The first kappa shape index (κ1) is 13.5. The van der Waals surface area contributed by atoms with Crippen LogP contribution in [0.25, 0.3) is 0 Å². The highest BCUT2D eigenvalue weighted by molar-refractivity contribution is 5.78. The number of likely N-dealkylation sites (N-methyl/N-ethyl adjacent to an activating group) is 1. The Morgan fingerprint density at radius 1 is 1.35 bits per heavy atom. The third-order valence-electron chi connectivity index (χ3n) is 2.43. The molecular formula is C13H20N2O2. The van der Waals surface area contributed by atoms with E-state index in [1.165, 1.54) is 0 Å². The van der Waals surface area contributed by atoms with Crippen LogP contribution >= 0.6 is 0 Å². The molecule has 94 valence electrons. The van der Waals surface area contributed by atoms with Crippen LogP contribution in [0.2, 0.25) is 0 Å². The molecule has 0 heterocycles. The lowest BCUT2D eigenvalue weighted by Gasteiger charge is -2.14. The summed E-state index contributed by atoms with van der Waals surface area (Å²) in [6.45, 7) is 2.72. The van der Waals surface area contributed by atoms with Gasteiger partial charge in [-0.3, -0.25) is 4.79 Å². The first-order valence-electron chi connectivity index (χ1n) is 5.70. The zero-order chi connectivity index (χ0) is 12.7. The molecule has 1 atom stereocenters. The number of hydrogen-bond acceptors (Lipinski definition) is 3. The van der Waals surface area contributed by atoms with Crippen molar-refractivity contribution in [2.75, 3.05) is 26.1 Å². The van der Waals surface area contributed by atoms with Crippen molar-refractivity contribution in [1.29, 1.82) is 0 Å². The first-order valence-corrected chi connectivity index (χ1v) is 5.70. The molecule has 1 unspecified atom stereocenters. The number of ether oxygens (including phenoxy) is 1. The number of nitrogens with one attached hydrogen (secondary N) is 2. The van der Waals surface area contributed by atoms with E-state index in [-0.39, 0.29) is 11.9 Å². The minimum absolute atomic E-state index is 0.0264. The molecule has 0 radical (unpaired) electrons. The Kier molecular flexibility index (Phi) is 5.49. The van der Waals surface area contributed by atoms with Crippen LogP contribution in [0.3, 0.4) is 0 Å². The summed E-state index contributed by atoms with van der Waals surface area (Å²) >= 11 is 0. The fraction of sp³-hybridized carbons (Fsp3) is 0.462. The van der Waals surface area contributed by atoms with E-state index >= 15 is 0 Å². The molecule has 1 amide bonds. The van der Waals surface area contributed by atoms with Gasteiger partial charge in [0.25, 0.3) is 0 Å². The first-order chi connectivity index (χ1) is 8.15. The maximum atomic E-state index is 11.2. The van der Waals surface area contributed by atoms with Crippen LogP contribution in [-0.4, -0.2) is 32.7 Å². The SMILES string of the molecule is CNC(=O)Cc1ccc(NC(C)COC)cc1. The summed E-state index contributed by atoms with van der Waals surface area (Å²) < 4.78 is 5.05. The standard InChI is InChI=1S/C13H20N2O2/c1-10(9-17-3)15-12-6-4-11(5-7-12)8-13(16)14-2/h4-7,10,15H,8-9H2,1-3H3,(H,14,16). The molecule has 1 aromatic rings. The topological polar surface area (TPSA) is 50.4 Å². The van der Waals surface area contributed by atoms with Crippen molar-refractivity contribution >= 4 is 11.6 Å². The number of rotatable bonds is 6. The second kappa shape index (κ2) is 6.91. The molecule has 1 aromatic carbocycles. The van der Waals surface area contributed by atoms with Gasteiger partial charge in [0.05, 0.1) is 13.0 Å². The van der Waals surface area contributed by atoms with Crippen molar-refractivity contribution in [2.45, 2.75) is 19.4 Å². The van der Waals surface area contributed by atoms with Crippen LogP contribution in [0.5, 0.6) is 0 Å². The Morgan fingerprint density at radius 3 is 2.53 bits per heavy atom. The smallest absolute Gasteiger partial charge is 0.224 e. The molecule has 0 aliphatic carbocycles. The van der Waals surface area contributed by atoms with Gasteiger partial charge in [-0.15, -0.1) is 0 Å². The van der Waals surface area contributed by atoms with Gasteiger partial charge in [0.15, 0.2) is 0 Å². The largest absolute Gasteiger partial charge is 0.383 e. The van der Waals surface area contributed by atoms with Gasteiger partial charge in [-0.1, -0.05) is 12.1 Å². The third-order valence-corrected chi connectivity index (χ3v) is 2.43. The van der Waals surface area contributed by atoms with Crippen LogP contribution in [-0.2, 0) is 16.0 Å². The highest BCUT2D eigenvalue weighted by atomic mass is 16.5. The number of methoxy groups -OCH3 is 1. The molecule has 0 spiro atoms. The van der Waals surface area contributed by atoms with Crippen LogP contribution < -0.4 is 10.6 Å². The quantitative estimate of drug-likeness (QED) is 0.785. The molecule has 2 N–H and O–H groups in total. The number of benzene rings is 1. The van der Waals surface area contributed by atoms with E-state index in [9.17, 15) is 4.79 Å². The fourth-order valence-corrected chi connectivity index (χ4v) is 1.57. The molecule has 0 aliphatic heterocycles. The number of amides is 1. The van der Waals surface area contributed by atoms with Crippen molar-refractivity contribution < 1.29 is 9.53 Å². The van der Waals surface area contributed by atoms with Gasteiger partial charge >= 0.3 is 0 Å². The predicted molar refractivity (Wildman–Crippen MR) is 69.2 cm³/mol. The summed E-state index contributed by atoms with van der Waals surface area (Å²) in [5.41, 5.74) is 2.05. The van der Waals surface area contributed by atoms with Gasteiger partial charge in [-0.2, -0.15) is 0 Å². The van der Waals surface area contributed by atoms with Crippen LogP contribution in [0.4, 0.5) is 5.69 Å². The summed E-state index contributed by atoms with van der Waals surface area (Å²) in [4.78, 5) is 11.2. The summed E-state index contributed by atoms with van der Waals surface area (Å²) in [6, 6.07) is 8.13. The zero-order valence-corrected chi connectivity index (χ0v) is 10.6. The molecular weight excluding hydrogens is 216 g/mol. The molecule has 4 heteroatoms. The average molecular weight is 236 g/mol. The lowest BCUT2D eigenvalue weighted by molar-refractivity contribution is -0.119. The highest BCUT2D eigenvalue weighted by Crippen LogP contribution is 2.11. The fourth-order valence-electron chi connectivity index (χ4n) is 1.57. The Labute approximate surface area is 102 Å². The third kappa shape index (κ3) is 4.87. The maximum Gasteiger partial charge on any atom is 0.224 e. The van der Waals surface area contributed by atoms with E-state index in [1.807, 2.05) is 24.3 Å². The molecule has 0 aliphatic rings.